The Morgan fingerprint density at radius 2 is 1.62 bits per heavy atom. The van der Waals surface area contributed by atoms with E-state index in [-0.39, 0.29) is 58.3 Å². The van der Waals surface area contributed by atoms with Crippen LogP contribution in [0.1, 0.15) is 61.0 Å². The second kappa shape index (κ2) is 15.9. The van der Waals surface area contributed by atoms with Gasteiger partial charge in [-0.2, -0.15) is 0 Å². The van der Waals surface area contributed by atoms with Gasteiger partial charge in [-0.3, -0.25) is 24.9 Å². The Kier molecular flexibility index (Phi) is 11.9. The van der Waals surface area contributed by atoms with Gasteiger partial charge in [-0.25, -0.2) is 14.6 Å². The normalized spacial score (nSPS) is 20.5. The van der Waals surface area contributed by atoms with E-state index in [9.17, 15) is 19.2 Å². The van der Waals surface area contributed by atoms with E-state index in [2.05, 4.69) is 26.9 Å². The van der Waals surface area contributed by atoms with Gasteiger partial charge < -0.3 is 9.47 Å². The summed E-state index contributed by atoms with van der Waals surface area (Å²) in [7, 11) is 0. The van der Waals surface area contributed by atoms with Crippen LogP contribution in [0.4, 0.5) is 11.6 Å². The zero-order valence-electron chi connectivity index (χ0n) is 27.6. The first kappa shape index (κ1) is 35.3. The Hall–Kier alpha value is -4.51. The molecule has 3 aromatic rings. The Labute approximate surface area is 279 Å². The van der Waals surface area contributed by atoms with Crippen molar-refractivity contribution in [2.75, 3.05) is 11.9 Å². The minimum atomic E-state index is -0.563. The molecule has 11 heteroatoms. The molecule has 0 saturated carbocycles. The van der Waals surface area contributed by atoms with E-state index in [1.54, 1.807) is 87.3 Å². The summed E-state index contributed by atoms with van der Waals surface area (Å²) in [6.07, 6.45) is 1.14. The van der Waals surface area contributed by atoms with E-state index in [1.807, 2.05) is 32.9 Å². The highest BCUT2D eigenvalue weighted by Gasteiger charge is 2.50. The molecule has 0 aliphatic carbocycles. The van der Waals surface area contributed by atoms with Gasteiger partial charge in [0, 0.05) is 28.6 Å². The lowest BCUT2D eigenvalue weighted by molar-refractivity contribution is -0.118. The first-order valence-corrected chi connectivity index (χ1v) is 16.6. The summed E-state index contributed by atoms with van der Waals surface area (Å²) in [5.41, 5.74) is 1.75. The van der Waals surface area contributed by atoms with Crippen LogP contribution in [0.3, 0.4) is 0 Å². The average molecular weight is 659 g/mol. The molecule has 2 heterocycles. The lowest BCUT2D eigenvalue weighted by atomic mass is 9.83. The number of amides is 1. The Morgan fingerprint density at radius 3 is 2.17 bits per heavy atom. The summed E-state index contributed by atoms with van der Waals surface area (Å²) in [6, 6.07) is 17.6. The molecule has 0 spiro atoms. The van der Waals surface area contributed by atoms with Crippen LogP contribution in [-0.4, -0.2) is 57.2 Å². The maximum absolute atomic E-state index is 13.3. The maximum atomic E-state index is 13.3. The molecule has 0 radical (unpaired) electrons. The number of aryl methyl sites for hydroxylation is 1. The number of aromatic nitrogens is 2. The molecule has 47 heavy (non-hydrogen) atoms. The molecule has 1 aliphatic rings. The lowest BCUT2D eigenvalue weighted by Gasteiger charge is -2.30. The minimum Gasteiger partial charge on any atom is -0.461 e. The number of hydrogen-bond acceptors (Lipinski definition) is 9. The van der Waals surface area contributed by atoms with Gasteiger partial charge in [-0.1, -0.05) is 76.2 Å². The lowest BCUT2D eigenvalue weighted by Crippen LogP contribution is -2.38. The van der Waals surface area contributed by atoms with Gasteiger partial charge >= 0.3 is 11.9 Å². The van der Waals surface area contributed by atoms with Crippen molar-refractivity contribution < 1.29 is 23.9 Å². The summed E-state index contributed by atoms with van der Waals surface area (Å²) in [5, 5.41) is 2.18. The van der Waals surface area contributed by atoms with Crippen LogP contribution in [0.5, 0.6) is 0 Å². The van der Waals surface area contributed by atoms with Gasteiger partial charge in [-0.05, 0) is 49.9 Å². The molecule has 10 nitrogen and oxygen atoms in total. The zero-order valence-corrected chi connectivity index (χ0v) is 28.4. The first-order chi connectivity index (χ1) is 22.4. The molecule has 6 atom stereocenters. The maximum Gasteiger partial charge on any atom is 0.338 e. The molecule has 2 aromatic carbocycles. The quantitative estimate of drug-likeness (QED) is 0.129. The van der Waals surface area contributed by atoms with Crippen molar-refractivity contribution in [3.05, 3.63) is 100.0 Å². The number of carbonyl (C=O) groups is 3. The van der Waals surface area contributed by atoms with Gasteiger partial charge in [0.05, 0.1) is 16.8 Å². The third kappa shape index (κ3) is 8.85. The van der Waals surface area contributed by atoms with Crippen molar-refractivity contribution >= 4 is 47.5 Å². The van der Waals surface area contributed by atoms with Crippen LogP contribution in [0.15, 0.2) is 82.6 Å². The number of aromatic amines is 1. The average Bonchev–Trinajstić information content (AvgIpc) is 3.41. The number of anilines is 1. The number of esters is 2. The summed E-state index contributed by atoms with van der Waals surface area (Å²) in [4.78, 5) is 62.5. The fourth-order valence-electron chi connectivity index (χ4n) is 5.34. The summed E-state index contributed by atoms with van der Waals surface area (Å²) in [5.74, 6) is -1.87. The zero-order chi connectivity index (χ0) is 34.2. The van der Waals surface area contributed by atoms with Crippen LogP contribution >= 0.6 is 11.8 Å². The second-order valence-corrected chi connectivity index (χ2v) is 13.6. The van der Waals surface area contributed by atoms with Gasteiger partial charge in [0.1, 0.15) is 18.4 Å². The van der Waals surface area contributed by atoms with Gasteiger partial charge in [0.25, 0.3) is 5.56 Å². The summed E-state index contributed by atoms with van der Waals surface area (Å²) >= 11 is 1.61. The van der Waals surface area contributed by atoms with E-state index < -0.39 is 23.6 Å². The standard InChI is InChI=1S/C36H42N4O6S/c1-20(2)28-27(19-45-34(43)25-14-10-8-11-15-25)47-31(30(28)46-35(44)26-16-12-9-13-17-26)23(6)22(5)18-37-29-24(7)38-36(40-33(29)42)39-32(41)21(3)4/h8-18,21-23,27-28,30-31H,1,19H2,2-7H3,(H2,38,39,40,41,42)/b37-18-/t22?,23?,27-,28?,30?,31+/m1/s1. The number of rotatable bonds is 12. The molecular formula is C36H42N4O6S. The Balaban J connectivity index is 1.57. The number of hydrogen-bond donors (Lipinski definition) is 2. The number of nitrogens with zero attached hydrogens (tertiary/aromatic N) is 2. The largest absolute Gasteiger partial charge is 0.461 e. The number of benzene rings is 2. The monoisotopic (exact) mass is 658 g/mol. The topological polar surface area (TPSA) is 140 Å². The molecule has 0 bridgehead atoms. The highest BCUT2D eigenvalue weighted by atomic mass is 32.2. The van der Waals surface area contributed by atoms with E-state index in [0.29, 0.717) is 16.8 Å². The smallest absolute Gasteiger partial charge is 0.338 e. The number of H-pyrrole nitrogens is 1. The van der Waals surface area contributed by atoms with Crippen molar-refractivity contribution in [2.24, 2.45) is 28.7 Å². The molecule has 1 aromatic heterocycles. The molecule has 1 fully saturated rings. The Morgan fingerprint density at radius 1 is 1.02 bits per heavy atom. The molecular weight excluding hydrogens is 616 g/mol. The van der Waals surface area contributed by atoms with Crippen molar-refractivity contribution in [1.29, 1.82) is 0 Å². The van der Waals surface area contributed by atoms with Crippen LogP contribution in [-0.2, 0) is 14.3 Å². The number of nitrogens with one attached hydrogen (secondary N) is 2. The predicted molar refractivity (Wildman–Crippen MR) is 185 cm³/mol. The predicted octanol–water partition coefficient (Wildman–Crippen LogP) is 6.41. The van der Waals surface area contributed by atoms with Crippen molar-refractivity contribution in [2.45, 2.75) is 58.1 Å². The third-order valence-corrected chi connectivity index (χ3v) is 10.0. The van der Waals surface area contributed by atoms with Gasteiger partial charge in [0.15, 0.2) is 0 Å². The fourth-order valence-corrected chi connectivity index (χ4v) is 7.33. The second-order valence-electron chi connectivity index (χ2n) is 12.2. The SMILES string of the molecule is C=C(C)C1C(OC(=O)c2ccccc2)[C@H](C(C)C(C)/C=N\c2c(C)nc(NC(=O)C(C)C)[nH]c2=O)S[C@@H]1COC(=O)c1ccccc1. The van der Waals surface area contributed by atoms with Crippen LogP contribution in [0.2, 0.25) is 0 Å². The first-order valence-electron chi connectivity index (χ1n) is 15.6. The highest BCUT2D eigenvalue weighted by Crippen LogP contribution is 2.48. The van der Waals surface area contributed by atoms with Crippen molar-refractivity contribution in [3.63, 3.8) is 0 Å². The molecule has 248 valence electrons. The summed E-state index contributed by atoms with van der Waals surface area (Å²) < 4.78 is 12.0. The minimum absolute atomic E-state index is 0.0711. The molecule has 1 saturated heterocycles. The molecule has 2 N–H and O–H groups in total. The van der Waals surface area contributed by atoms with Crippen LogP contribution in [0, 0.1) is 30.6 Å². The van der Waals surface area contributed by atoms with Crippen molar-refractivity contribution in [3.8, 4) is 0 Å². The van der Waals surface area contributed by atoms with Crippen LogP contribution < -0.4 is 10.9 Å². The number of aliphatic imine (C=N–C) groups is 1. The van der Waals surface area contributed by atoms with E-state index >= 15 is 0 Å². The molecule has 4 unspecified atom stereocenters. The number of carbonyl (C=O) groups excluding carboxylic acids is 3. The molecule has 1 amide bonds. The Bertz CT molecular complexity index is 1670. The van der Waals surface area contributed by atoms with E-state index in [1.165, 1.54) is 0 Å². The fraction of sp³-hybridized carbons (Fsp3) is 0.389. The number of thioether (sulfide) groups is 1. The van der Waals surface area contributed by atoms with Crippen LogP contribution in [0.25, 0.3) is 0 Å². The van der Waals surface area contributed by atoms with Gasteiger partial charge in [0.2, 0.25) is 11.9 Å². The highest BCUT2D eigenvalue weighted by molar-refractivity contribution is 8.00. The van der Waals surface area contributed by atoms with E-state index in [0.717, 1.165) is 5.57 Å². The third-order valence-electron chi connectivity index (χ3n) is 8.24. The number of ether oxygens (including phenoxy) is 2. The van der Waals surface area contributed by atoms with Crippen molar-refractivity contribution in [1.82, 2.24) is 9.97 Å². The molecule has 4 rings (SSSR count). The summed E-state index contributed by atoms with van der Waals surface area (Å²) in [6.45, 7) is 15.4. The van der Waals surface area contributed by atoms with E-state index in [4.69, 9.17) is 9.47 Å². The molecule has 1 aliphatic heterocycles. The van der Waals surface area contributed by atoms with Gasteiger partial charge in [-0.15, -0.1) is 11.8 Å².